The SMILES string of the molecule is COc1nc(-c2ccnc(-c3cccc(NC(=O)c4nc5c(n4C)CCN(CCCF)C5)c3C)c2Cl)cc(F)c1CNC[C@H]1CCC(=O)N1. The Labute approximate surface area is 288 Å². The van der Waals surface area contributed by atoms with Gasteiger partial charge >= 0.3 is 0 Å². The summed E-state index contributed by atoms with van der Waals surface area (Å²) in [7, 11) is 3.27. The predicted molar refractivity (Wildman–Crippen MR) is 183 cm³/mol. The highest BCUT2D eigenvalue weighted by Crippen LogP contribution is 2.38. The number of nitrogens with zero attached hydrogens (tertiary/aromatic N) is 5. The molecule has 2 aliphatic rings. The lowest BCUT2D eigenvalue weighted by molar-refractivity contribution is -0.119. The molecule has 1 saturated heterocycles. The molecule has 2 aliphatic heterocycles. The van der Waals surface area contributed by atoms with Crippen LogP contribution in [-0.4, -0.2) is 75.7 Å². The second-order valence-corrected chi connectivity index (χ2v) is 12.7. The lowest BCUT2D eigenvalue weighted by Gasteiger charge is -2.26. The minimum Gasteiger partial charge on any atom is -0.481 e. The van der Waals surface area contributed by atoms with Crippen LogP contribution < -0.4 is 20.7 Å². The number of nitrogens with one attached hydrogen (secondary N) is 3. The largest absolute Gasteiger partial charge is 0.481 e. The van der Waals surface area contributed by atoms with Gasteiger partial charge in [0.05, 0.1) is 41.5 Å². The minimum absolute atomic E-state index is 0.00411. The molecule has 4 aromatic rings. The molecule has 5 heterocycles. The molecule has 3 aromatic heterocycles. The highest BCUT2D eigenvalue weighted by atomic mass is 35.5. The van der Waals surface area contributed by atoms with Gasteiger partial charge in [0.15, 0.2) is 5.82 Å². The Morgan fingerprint density at radius 3 is 2.80 bits per heavy atom. The summed E-state index contributed by atoms with van der Waals surface area (Å²) in [6.07, 6.45) is 4.01. The Bertz CT molecular complexity index is 1880. The maximum absolute atomic E-state index is 15.5. The summed E-state index contributed by atoms with van der Waals surface area (Å²) in [5, 5.41) is 9.33. The van der Waals surface area contributed by atoms with Gasteiger partial charge < -0.3 is 25.3 Å². The minimum atomic E-state index is -0.511. The lowest BCUT2D eigenvalue weighted by atomic mass is 10.0. The molecule has 0 bridgehead atoms. The molecular formula is C35H39ClF2N8O3. The summed E-state index contributed by atoms with van der Waals surface area (Å²) in [6.45, 7) is 4.20. The van der Waals surface area contributed by atoms with E-state index < -0.39 is 5.82 Å². The number of anilines is 1. The molecule has 11 nitrogen and oxygen atoms in total. The Balaban J connectivity index is 1.22. The first kappa shape index (κ1) is 34.4. The normalized spacial score (nSPS) is 16.0. The van der Waals surface area contributed by atoms with Gasteiger partial charge in [0, 0.05) is 93.4 Å². The number of methoxy groups -OCH3 is 1. The van der Waals surface area contributed by atoms with Gasteiger partial charge in [0.1, 0.15) is 5.82 Å². The quantitative estimate of drug-likeness (QED) is 0.190. The van der Waals surface area contributed by atoms with E-state index in [2.05, 4.69) is 35.8 Å². The van der Waals surface area contributed by atoms with E-state index in [1.165, 1.54) is 13.2 Å². The molecule has 14 heteroatoms. The van der Waals surface area contributed by atoms with E-state index in [9.17, 15) is 14.0 Å². The standard InChI is InChI=1S/C35H39ClF2N8O3/c1-20-22(6-4-7-26(20)43-34(48)33-42-28-19-46(14-5-12-37)15-11-29(28)45(33)2)32-31(36)23(10-13-40-32)27-16-25(38)24(35(44-27)49-3)18-39-17-21-8-9-30(47)41-21/h4,6-7,10,13,16,21,39H,5,8-9,11-12,14-15,17-19H2,1-3H3,(H,41,47)(H,43,48)/t21-/m1/s1. The van der Waals surface area contributed by atoms with Crippen LogP contribution in [0.2, 0.25) is 5.02 Å². The molecule has 258 valence electrons. The molecule has 1 fully saturated rings. The number of alkyl halides is 1. The number of benzene rings is 1. The number of rotatable bonds is 12. The van der Waals surface area contributed by atoms with Crippen molar-refractivity contribution in [2.75, 3.05) is 38.7 Å². The van der Waals surface area contributed by atoms with Crippen molar-refractivity contribution >= 4 is 29.1 Å². The predicted octanol–water partition coefficient (Wildman–Crippen LogP) is 4.99. The summed E-state index contributed by atoms with van der Waals surface area (Å²) in [4.78, 5) is 40.9. The number of fused-ring (bicyclic) bond motifs is 1. The van der Waals surface area contributed by atoms with Crippen molar-refractivity contribution in [1.82, 2.24) is 35.1 Å². The second kappa shape index (κ2) is 15.0. The van der Waals surface area contributed by atoms with Gasteiger partial charge in [-0.1, -0.05) is 23.7 Å². The fraction of sp³-hybridized carbons (Fsp3) is 0.400. The van der Waals surface area contributed by atoms with Crippen LogP contribution in [0.1, 0.15) is 52.4 Å². The van der Waals surface area contributed by atoms with Gasteiger partial charge in [-0.3, -0.25) is 23.9 Å². The zero-order chi connectivity index (χ0) is 34.7. The zero-order valence-corrected chi connectivity index (χ0v) is 28.5. The van der Waals surface area contributed by atoms with Crippen LogP contribution >= 0.6 is 11.6 Å². The maximum Gasteiger partial charge on any atom is 0.291 e. The lowest BCUT2D eigenvalue weighted by Crippen LogP contribution is -2.35. The summed E-state index contributed by atoms with van der Waals surface area (Å²) in [5.74, 6) is -0.425. The third-order valence-electron chi connectivity index (χ3n) is 9.15. The number of halogens is 3. The molecule has 0 spiro atoms. The monoisotopic (exact) mass is 692 g/mol. The third kappa shape index (κ3) is 7.29. The van der Waals surface area contributed by atoms with E-state index in [0.717, 1.165) is 36.3 Å². The van der Waals surface area contributed by atoms with Gasteiger partial charge in [0.25, 0.3) is 5.91 Å². The molecule has 0 saturated carbocycles. The molecule has 1 aromatic carbocycles. The van der Waals surface area contributed by atoms with Crippen molar-refractivity contribution in [3.63, 3.8) is 0 Å². The highest BCUT2D eigenvalue weighted by molar-refractivity contribution is 6.35. The highest BCUT2D eigenvalue weighted by Gasteiger charge is 2.26. The van der Waals surface area contributed by atoms with E-state index in [-0.39, 0.29) is 53.2 Å². The molecule has 0 aliphatic carbocycles. The van der Waals surface area contributed by atoms with Crippen LogP contribution in [0.5, 0.6) is 5.88 Å². The van der Waals surface area contributed by atoms with Crippen molar-refractivity contribution in [3.05, 3.63) is 75.7 Å². The van der Waals surface area contributed by atoms with Gasteiger partial charge in [-0.15, -0.1) is 0 Å². The topological polar surface area (TPSA) is 126 Å². The average molecular weight is 693 g/mol. The fourth-order valence-electron chi connectivity index (χ4n) is 6.48. The molecule has 0 radical (unpaired) electrons. The Morgan fingerprint density at radius 1 is 1.20 bits per heavy atom. The average Bonchev–Trinajstić information content (AvgIpc) is 3.67. The number of carbonyl (C=O) groups excluding carboxylic acids is 2. The molecular weight excluding hydrogens is 654 g/mol. The van der Waals surface area contributed by atoms with Crippen molar-refractivity contribution < 1.29 is 23.1 Å². The molecule has 0 unspecified atom stereocenters. The molecule has 2 amide bonds. The fourth-order valence-corrected chi connectivity index (χ4v) is 6.79. The summed E-state index contributed by atoms with van der Waals surface area (Å²) < 4.78 is 35.5. The Kier molecular flexibility index (Phi) is 10.5. The second-order valence-electron chi connectivity index (χ2n) is 12.3. The van der Waals surface area contributed by atoms with Crippen LogP contribution in [0.3, 0.4) is 0 Å². The van der Waals surface area contributed by atoms with E-state index in [4.69, 9.17) is 16.3 Å². The first-order chi connectivity index (χ1) is 23.7. The van der Waals surface area contributed by atoms with Crippen molar-refractivity contribution in [2.24, 2.45) is 7.05 Å². The summed E-state index contributed by atoms with van der Waals surface area (Å²) in [6, 6.07) is 8.43. The van der Waals surface area contributed by atoms with Crippen molar-refractivity contribution in [3.8, 4) is 28.4 Å². The van der Waals surface area contributed by atoms with E-state index in [1.54, 1.807) is 24.4 Å². The first-order valence-corrected chi connectivity index (χ1v) is 16.7. The van der Waals surface area contributed by atoms with Crippen LogP contribution in [0, 0.1) is 12.7 Å². The third-order valence-corrected chi connectivity index (χ3v) is 9.53. The van der Waals surface area contributed by atoms with Crippen LogP contribution in [-0.2, 0) is 31.4 Å². The number of hydrogen-bond acceptors (Lipinski definition) is 8. The number of ether oxygens (including phenoxy) is 1. The summed E-state index contributed by atoms with van der Waals surface area (Å²) in [5.41, 5.74) is 5.27. The first-order valence-electron chi connectivity index (χ1n) is 16.3. The van der Waals surface area contributed by atoms with Crippen molar-refractivity contribution in [1.29, 1.82) is 0 Å². The van der Waals surface area contributed by atoms with E-state index in [1.807, 2.05) is 24.6 Å². The van der Waals surface area contributed by atoms with E-state index in [0.29, 0.717) is 60.8 Å². The molecule has 49 heavy (non-hydrogen) atoms. The van der Waals surface area contributed by atoms with Gasteiger partial charge in [-0.05, 0) is 37.5 Å². The zero-order valence-electron chi connectivity index (χ0n) is 27.7. The summed E-state index contributed by atoms with van der Waals surface area (Å²) >= 11 is 6.94. The number of amides is 2. The molecule has 1 atom stereocenters. The Hall–Kier alpha value is -4.46. The number of carbonyl (C=O) groups is 2. The van der Waals surface area contributed by atoms with Gasteiger partial charge in [-0.25, -0.2) is 14.4 Å². The van der Waals surface area contributed by atoms with Crippen LogP contribution in [0.4, 0.5) is 14.5 Å². The smallest absolute Gasteiger partial charge is 0.291 e. The van der Waals surface area contributed by atoms with Crippen LogP contribution in [0.15, 0.2) is 36.5 Å². The van der Waals surface area contributed by atoms with Crippen molar-refractivity contribution in [2.45, 2.75) is 51.7 Å². The number of hydrogen-bond donors (Lipinski definition) is 3. The number of aromatic nitrogens is 4. The maximum atomic E-state index is 15.5. The number of pyridine rings is 2. The van der Waals surface area contributed by atoms with E-state index >= 15 is 4.39 Å². The molecule has 3 N–H and O–H groups in total. The number of imidazole rings is 1. The Morgan fingerprint density at radius 2 is 2.04 bits per heavy atom. The van der Waals surface area contributed by atoms with Gasteiger partial charge in [0.2, 0.25) is 11.8 Å². The van der Waals surface area contributed by atoms with Gasteiger partial charge in [-0.2, -0.15) is 0 Å². The van der Waals surface area contributed by atoms with Crippen LogP contribution in [0.25, 0.3) is 22.5 Å². The molecule has 6 rings (SSSR count).